The van der Waals surface area contributed by atoms with Crippen LogP contribution in [0.4, 0.5) is 0 Å². The van der Waals surface area contributed by atoms with E-state index in [0.717, 1.165) is 5.56 Å². The van der Waals surface area contributed by atoms with E-state index in [0.29, 0.717) is 5.75 Å². The molecule has 1 rings (SSSR count). The van der Waals surface area contributed by atoms with Gasteiger partial charge in [0.1, 0.15) is 5.75 Å². The molecule has 0 radical (unpaired) electrons. The van der Waals surface area contributed by atoms with Crippen molar-refractivity contribution in [3.05, 3.63) is 29.8 Å². The zero-order valence-electron chi connectivity index (χ0n) is 10.4. The summed E-state index contributed by atoms with van der Waals surface area (Å²) >= 11 is 0. The van der Waals surface area contributed by atoms with Crippen LogP contribution < -0.4 is 9.46 Å². The highest BCUT2D eigenvalue weighted by molar-refractivity contribution is 7.90. The molecule has 0 saturated heterocycles. The van der Waals surface area contributed by atoms with Crippen molar-refractivity contribution in [2.24, 2.45) is 0 Å². The number of ether oxygens (including phenoxy) is 1. The first kappa shape index (κ1) is 14.5. The normalized spacial score (nSPS) is 12.7. The minimum atomic E-state index is -3.58. The monoisotopic (exact) mass is 268 g/mol. The molecule has 1 N–H and O–H groups in total. The Kier molecular flexibility index (Phi) is 5.13. The lowest BCUT2D eigenvalue weighted by Crippen LogP contribution is -2.32. The summed E-state index contributed by atoms with van der Waals surface area (Å²) in [6.07, 6.45) is 0.272. The Balaban J connectivity index is 2.67. The van der Waals surface area contributed by atoms with Crippen LogP contribution in [0.1, 0.15) is 18.9 Å². The van der Waals surface area contributed by atoms with Crippen molar-refractivity contribution >= 4 is 10.0 Å². The van der Waals surface area contributed by atoms with E-state index in [9.17, 15) is 8.42 Å². The van der Waals surface area contributed by atoms with Crippen molar-refractivity contribution in [3.8, 4) is 11.8 Å². The minimum absolute atomic E-state index is 0.171. The van der Waals surface area contributed by atoms with Gasteiger partial charge in [0.15, 0.2) is 5.25 Å². The highest BCUT2D eigenvalue weighted by Crippen LogP contribution is 2.12. The van der Waals surface area contributed by atoms with Crippen molar-refractivity contribution in [1.29, 1.82) is 5.26 Å². The van der Waals surface area contributed by atoms with Gasteiger partial charge in [-0.1, -0.05) is 19.1 Å². The van der Waals surface area contributed by atoms with E-state index in [-0.39, 0.29) is 13.0 Å². The molecule has 0 bridgehead atoms. The SMILES string of the molecule is CCC(C#N)S(=O)(=O)NCc1ccc(OC)cc1. The first-order chi connectivity index (χ1) is 8.53. The first-order valence-corrected chi connectivity index (χ1v) is 7.09. The molecule has 0 aliphatic carbocycles. The standard InChI is InChI=1S/C12H16N2O3S/c1-3-12(8-13)18(15,16)14-9-10-4-6-11(17-2)7-5-10/h4-7,12,14H,3,9H2,1-2H3. The number of rotatable bonds is 6. The summed E-state index contributed by atoms with van der Waals surface area (Å²) in [5.41, 5.74) is 0.812. The molecule has 98 valence electrons. The molecular weight excluding hydrogens is 252 g/mol. The van der Waals surface area contributed by atoms with Crippen LogP contribution in [0.5, 0.6) is 5.75 Å². The smallest absolute Gasteiger partial charge is 0.228 e. The quantitative estimate of drug-likeness (QED) is 0.846. The van der Waals surface area contributed by atoms with Crippen LogP contribution in [0.2, 0.25) is 0 Å². The highest BCUT2D eigenvalue weighted by Gasteiger charge is 2.22. The third-order valence-corrected chi connectivity index (χ3v) is 4.26. The maximum atomic E-state index is 11.7. The highest BCUT2D eigenvalue weighted by atomic mass is 32.2. The van der Waals surface area contributed by atoms with Crippen LogP contribution in [0.3, 0.4) is 0 Å². The molecule has 0 heterocycles. The number of nitrogens with one attached hydrogen (secondary N) is 1. The summed E-state index contributed by atoms with van der Waals surface area (Å²) in [7, 11) is -2.01. The Hall–Kier alpha value is -1.58. The fraction of sp³-hybridized carbons (Fsp3) is 0.417. The number of hydrogen-bond donors (Lipinski definition) is 1. The van der Waals surface area contributed by atoms with E-state index in [1.165, 1.54) is 0 Å². The second-order valence-corrected chi connectivity index (χ2v) is 5.69. The van der Waals surface area contributed by atoms with Gasteiger partial charge in [0.2, 0.25) is 10.0 Å². The van der Waals surface area contributed by atoms with E-state index < -0.39 is 15.3 Å². The molecule has 1 atom stereocenters. The fourth-order valence-electron chi connectivity index (χ4n) is 1.41. The van der Waals surface area contributed by atoms with E-state index >= 15 is 0 Å². The van der Waals surface area contributed by atoms with Crippen molar-refractivity contribution in [2.45, 2.75) is 25.1 Å². The minimum Gasteiger partial charge on any atom is -0.497 e. The predicted octanol–water partition coefficient (Wildman–Crippen LogP) is 1.42. The third-order valence-electron chi connectivity index (χ3n) is 2.53. The number of methoxy groups -OCH3 is 1. The van der Waals surface area contributed by atoms with Gasteiger partial charge in [-0.05, 0) is 24.1 Å². The van der Waals surface area contributed by atoms with Gasteiger partial charge in [-0.25, -0.2) is 13.1 Å². The summed E-state index contributed by atoms with van der Waals surface area (Å²) in [4.78, 5) is 0. The molecule has 0 fully saturated rings. The van der Waals surface area contributed by atoms with E-state index in [4.69, 9.17) is 10.00 Å². The van der Waals surface area contributed by atoms with Crippen LogP contribution in [0.25, 0.3) is 0 Å². The van der Waals surface area contributed by atoms with Gasteiger partial charge in [-0.15, -0.1) is 0 Å². The number of hydrogen-bond acceptors (Lipinski definition) is 4. The molecule has 1 unspecified atom stereocenters. The molecular formula is C12H16N2O3S. The summed E-state index contributed by atoms with van der Waals surface area (Å²) in [6.45, 7) is 1.84. The number of sulfonamides is 1. The molecule has 0 amide bonds. The first-order valence-electron chi connectivity index (χ1n) is 5.54. The summed E-state index contributed by atoms with van der Waals surface area (Å²) in [6, 6.07) is 8.83. The van der Waals surface area contributed by atoms with E-state index in [1.54, 1.807) is 44.4 Å². The van der Waals surface area contributed by atoms with Crippen molar-refractivity contribution < 1.29 is 13.2 Å². The lowest BCUT2D eigenvalue weighted by Gasteiger charge is -2.10. The Bertz CT molecular complexity index is 517. The Morgan fingerprint density at radius 2 is 2.00 bits per heavy atom. The molecule has 0 aromatic heterocycles. The topological polar surface area (TPSA) is 79.2 Å². The molecule has 5 nitrogen and oxygen atoms in total. The number of nitrogens with zero attached hydrogens (tertiary/aromatic N) is 1. The average Bonchev–Trinajstić information content (AvgIpc) is 2.38. The van der Waals surface area contributed by atoms with Crippen molar-refractivity contribution in [2.75, 3.05) is 7.11 Å². The summed E-state index contributed by atoms with van der Waals surface area (Å²) in [5, 5.41) is 7.74. The number of benzene rings is 1. The van der Waals surface area contributed by atoms with Crippen LogP contribution in [0.15, 0.2) is 24.3 Å². The maximum absolute atomic E-state index is 11.7. The van der Waals surface area contributed by atoms with Gasteiger partial charge in [0.05, 0.1) is 13.2 Å². The molecule has 0 spiro atoms. The van der Waals surface area contributed by atoms with Crippen molar-refractivity contribution in [1.82, 2.24) is 4.72 Å². The zero-order chi connectivity index (χ0) is 13.6. The van der Waals surface area contributed by atoms with Gasteiger partial charge in [-0.3, -0.25) is 0 Å². The second-order valence-electron chi connectivity index (χ2n) is 3.74. The Labute approximate surface area is 107 Å². The Morgan fingerprint density at radius 1 is 1.39 bits per heavy atom. The molecule has 1 aromatic rings. The molecule has 0 aliphatic heterocycles. The van der Waals surface area contributed by atoms with E-state index in [2.05, 4.69) is 4.72 Å². The molecule has 18 heavy (non-hydrogen) atoms. The third kappa shape index (κ3) is 3.72. The van der Waals surface area contributed by atoms with Gasteiger partial charge in [0.25, 0.3) is 0 Å². The van der Waals surface area contributed by atoms with Crippen molar-refractivity contribution in [3.63, 3.8) is 0 Å². The largest absolute Gasteiger partial charge is 0.497 e. The van der Waals surface area contributed by atoms with Gasteiger partial charge in [-0.2, -0.15) is 5.26 Å². The zero-order valence-corrected chi connectivity index (χ0v) is 11.2. The lowest BCUT2D eigenvalue weighted by molar-refractivity contribution is 0.414. The number of nitriles is 1. The van der Waals surface area contributed by atoms with Crippen LogP contribution >= 0.6 is 0 Å². The molecule has 1 aromatic carbocycles. The predicted molar refractivity (Wildman–Crippen MR) is 68.4 cm³/mol. The fourth-order valence-corrected chi connectivity index (χ4v) is 2.55. The van der Waals surface area contributed by atoms with Crippen LogP contribution in [-0.4, -0.2) is 20.8 Å². The molecule has 6 heteroatoms. The van der Waals surface area contributed by atoms with E-state index in [1.807, 2.05) is 0 Å². The summed E-state index contributed by atoms with van der Waals surface area (Å²) < 4.78 is 30.9. The average molecular weight is 268 g/mol. The molecule has 0 aliphatic rings. The summed E-state index contributed by atoms with van der Waals surface area (Å²) in [5.74, 6) is 0.713. The van der Waals surface area contributed by atoms with Crippen LogP contribution in [0, 0.1) is 11.3 Å². The maximum Gasteiger partial charge on any atom is 0.228 e. The lowest BCUT2D eigenvalue weighted by atomic mass is 10.2. The molecule has 0 saturated carbocycles. The van der Waals surface area contributed by atoms with Gasteiger partial charge >= 0.3 is 0 Å². The van der Waals surface area contributed by atoms with Gasteiger partial charge < -0.3 is 4.74 Å². The van der Waals surface area contributed by atoms with Crippen LogP contribution in [-0.2, 0) is 16.6 Å². The second kappa shape index (κ2) is 6.38. The Morgan fingerprint density at radius 3 is 2.44 bits per heavy atom. The van der Waals surface area contributed by atoms with Gasteiger partial charge in [0, 0.05) is 6.54 Å².